The molecular formula is C27H51NO3PSi+. The lowest BCUT2D eigenvalue weighted by molar-refractivity contribution is -0.484. The second kappa shape index (κ2) is 14.2. The molecule has 1 aliphatic rings. The summed E-state index contributed by atoms with van der Waals surface area (Å²) in [5.74, 6) is 0.958. The Bertz CT molecular complexity index is 703. The first-order chi connectivity index (χ1) is 15.6. The summed E-state index contributed by atoms with van der Waals surface area (Å²) in [5, 5.41) is 0.375. The van der Waals surface area contributed by atoms with Crippen molar-refractivity contribution in [3.05, 3.63) is 30.3 Å². The van der Waals surface area contributed by atoms with Crippen LogP contribution in [0.4, 0.5) is 0 Å². The first-order valence-corrected chi connectivity index (χ1v) is 18.8. The Kier molecular flexibility index (Phi) is 12.4. The Morgan fingerprint density at radius 1 is 0.970 bits per heavy atom. The number of rotatable bonds is 16. The Morgan fingerprint density at radius 2 is 1.58 bits per heavy atom. The Hall–Kier alpha value is -0.453. The third kappa shape index (κ3) is 12.2. The van der Waals surface area contributed by atoms with Gasteiger partial charge in [0.05, 0.1) is 17.5 Å². The van der Waals surface area contributed by atoms with Gasteiger partial charge in [0.25, 0.3) is 0 Å². The fourth-order valence-corrected chi connectivity index (χ4v) is 7.65. The van der Waals surface area contributed by atoms with Gasteiger partial charge in [-0.3, -0.25) is 4.57 Å². The minimum absolute atomic E-state index is 0.0710. The normalized spacial score (nSPS) is 19.2. The smallest absolute Gasteiger partial charge is 0.353 e. The van der Waals surface area contributed by atoms with Gasteiger partial charge in [0, 0.05) is 27.3 Å². The largest absolute Gasteiger partial charge is 0.358 e. The van der Waals surface area contributed by atoms with E-state index in [2.05, 4.69) is 19.6 Å². The van der Waals surface area contributed by atoms with Crippen LogP contribution in [0.25, 0.3) is 0 Å². The van der Waals surface area contributed by atoms with E-state index in [1.54, 1.807) is 24.3 Å². The fraction of sp³-hybridized carbons (Fsp3) is 0.778. The van der Waals surface area contributed by atoms with Gasteiger partial charge in [-0.25, -0.2) is 0 Å². The summed E-state index contributed by atoms with van der Waals surface area (Å²) < 4.78 is 18.0. The van der Waals surface area contributed by atoms with Crippen LogP contribution < -0.4 is 11.0 Å². The zero-order valence-corrected chi connectivity index (χ0v) is 23.6. The number of unbranched alkanes of at least 4 members (excludes halogenated alkanes) is 2. The maximum Gasteiger partial charge on any atom is 0.358 e. The van der Waals surface area contributed by atoms with Crippen LogP contribution in [0.5, 0.6) is 0 Å². The molecule has 1 fully saturated rings. The maximum atomic E-state index is 12.5. The molecule has 1 aliphatic carbocycles. The van der Waals surface area contributed by atoms with Crippen molar-refractivity contribution in [2.75, 3.05) is 6.61 Å². The van der Waals surface area contributed by atoms with Crippen LogP contribution in [0.2, 0.25) is 25.7 Å². The standard InChI is InChI=1S/C27H50NO3PSi/c1-33(2,3)24-13-12-21-27(28,20-11-10-17-25-15-6-4-7-16-25)22-14-23-31-32(29,30)26-18-8-5-9-19-26/h5,8-9,18-19,25H,4,6-7,10-17,20-24,28H2,1-3H3,(H,29,30)/p+1. The topological polar surface area (TPSA) is 74.2 Å². The van der Waals surface area contributed by atoms with Gasteiger partial charge in [-0.05, 0) is 37.3 Å². The first-order valence-electron chi connectivity index (χ1n) is 13.5. The van der Waals surface area contributed by atoms with Crippen molar-refractivity contribution in [2.24, 2.45) is 5.92 Å². The van der Waals surface area contributed by atoms with Gasteiger partial charge >= 0.3 is 7.60 Å². The Labute approximate surface area is 204 Å². The molecule has 2 rings (SSSR count). The van der Waals surface area contributed by atoms with Gasteiger partial charge in [0.2, 0.25) is 0 Å². The second-order valence-electron chi connectivity index (χ2n) is 11.8. The van der Waals surface area contributed by atoms with Crippen molar-refractivity contribution >= 4 is 21.0 Å². The number of quaternary nitrogens is 1. The summed E-state index contributed by atoms with van der Waals surface area (Å²) in [6.45, 7) is 7.67. The van der Waals surface area contributed by atoms with Crippen molar-refractivity contribution in [3.8, 4) is 0 Å². The van der Waals surface area contributed by atoms with E-state index in [-0.39, 0.29) is 5.54 Å². The highest BCUT2D eigenvalue weighted by molar-refractivity contribution is 7.61. The Morgan fingerprint density at radius 3 is 2.21 bits per heavy atom. The van der Waals surface area contributed by atoms with E-state index in [1.807, 2.05) is 6.07 Å². The van der Waals surface area contributed by atoms with Crippen LogP contribution >= 0.6 is 7.60 Å². The van der Waals surface area contributed by atoms with E-state index in [0.717, 1.165) is 25.2 Å². The van der Waals surface area contributed by atoms with Gasteiger partial charge in [0.1, 0.15) is 0 Å². The number of hydrogen-bond donors (Lipinski definition) is 2. The van der Waals surface area contributed by atoms with E-state index in [4.69, 9.17) is 10.3 Å². The molecule has 0 bridgehead atoms. The van der Waals surface area contributed by atoms with Crippen molar-refractivity contribution in [2.45, 2.75) is 121 Å². The second-order valence-corrected chi connectivity index (χ2v) is 19.2. The van der Waals surface area contributed by atoms with Crippen LogP contribution in [0.15, 0.2) is 30.3 Å². The molecule has 2 atom stereocenters. The van der Waals surface area contributed by atoms with E-state index >= 15 is 0 Å². The lowest BCUT2D eigenvalue weighted by Gasteiger charge is -2.28. The van der Waals surface area contributed by atoms with Crippen molar-refractivity contribution in [1.82, 2.24) is 0 Å². The van der Waals surface area contributed by atoms with Gasteiger partial charge in [0.15, 0.2) is 0 Å². The third-order valence-corrected chi connectivity index (χ3v) is 10.7. The molecule has 190 valence electrons. The molecule has 0 amide bonds. The van der Waals surface area contributed by atoms with Gasteiger partial charge in [-0.15, -0.1) is 0 Å². The summed E-state index contributed by atoms with van der Waals surface area (Å²) >= 11 is 0. The molecule has 1 aromatic rings. The molecule has 4 N–H and O–H groups in total. The van der Waals surface area contributed by atoms with Crippen LogP contribution in [0.1, 0.15) is 89.9 Å². The minimum Gasteiger partial charge on any atom is -0.353 e. The monoisotopic (exact) mass is 496 g/mol. The molecule has 0 spiro atoms. The van der Waals surface area contributed by atoms with E-state index < -0.39 is 15.7 Å². The predicted molar refractivity (Wildman–Crippen MR) is 144 cm³/mol. The summed E-state index contributed by atoms with van der Waals surface area (Å²) in [4.78, 5) is 10.3. The molecular weight excluding hydrogens is 445 g/mol. The van der Waals surface area contributed by atoms with Crippen LogP contribution in [-0.4, -0.2) is 25.1 Å². The molecule has 6 heteroatoms. The SMILES string of the molecule is C[Si](C)(C)CCCCC([NH3+])(CCCCC1CCCCC1)CCCOP(=O)(O)c1ccccc1. The first kappa shape index (κ1) is 28.8. The minimum atomic E-state index is -3.73. The predicted octanol–water partition coefficient (Wildman–Crippen LogP) is 6.92. The molecule has 0 aliphatic heterocycles. The van der Waals surface area contributed by atoms with Crippen molar-refractivity contribution < 1.29 is 19.7 Å². The van der Waals surface area contributed by atoms with Gasteiger partial charge in [-0.2, -0.15) is 0 Å². The zero-order chi connectivity index (χ0) is 24.2. The zero-order valence-electron chi connectivity index (χ0n) is 21.7. The third-order valence-electron chi connectivity index (χ3n) is 7.38. The highest BCUT2D eigenvalue weighted by Gasteiger charge is 2.29. The molecule has 0 radical (unpaired) electrons. The molecule has 0 saturated heterocycles. The number of hydrogen-bond acceptors (Lipinski definition) is 2. The van der Waals surface area contributed by atoms with Gasteiger partial charge < -0.3 is 15.2 Å². The van der Waals surface area contributed by atoms with Crippen LogP contribution in [0.3, 0.4) is 0 Å². The molecule has 33 heavy (non-hydrogen) atoms. The van der Waals surface area contributed by atoms with E-state index in [0.29, 0.717) is 11.9 Å². The van der Waals surface area contributed by atoms with Crippen molar-refractivity contribution in [3.63, 3.8) is 0 Å². The van der Waals surface area contributed by atoms with E-state index in [1.165, 1.54) is 76.7 Å². The van der Waals surface area contributed by atoms with Gasteiger partial charge in [-0.1, -0.05) is 95.3 Å². The summed E-state index contributed by atoms with van der Waals surface area (Å²) in [6.07, 6.45) is 17.8. The van der Waals surface area contributed by atoms with Crippen LogP contribution in [0, 0.1) is 5.92 Å². The van der Waals surface area contributed by atoms with Crippen molar-refractivity contribution in [1.29, 1.82) is 0 Å². The Balaban J connectivity index is 1.79. The summed E-state index contributed by atoms with van der Waals surface area (Å²) in [7, 11) is -4.72. The highest BCUT2D eigenvalue weighted by atomic mass is 31.2. The molecule has 1 saturated carbocycles. The average Bonchev–Trinajstić information content (AvgIpc) is 2.78. The quantitative estimate of drug-likeness (QED) is 0.148. The fourth-order valence-electron chi connectivity index (χ4n) is 5.27. The van der Waals surface area contributed by atoms with E-state index in [9.17, 15) is 9.46 Å². The molecule has 0 heterocycles. The molecule has 0 aromatic heterocycles. The molecule has 1 aromatic carbocycles. The average molecular weight is 497 g/mol. The summed E-state index contributed by atoms with van der Waals surface area (Å²) in [6, 6.07) is 10.1. The highest BCUT2D eigenvalue weighted by Crippen LogP contribution is 2.40. The van der Waals surface area contributed by atoms with Crippen LogP contribution in [-0.2, 0) is 9.09 Å². The summed E-state index contributed by atoms with van der Waals surface area (Å²) in [5.41, 5.74) is 4.78. The molecule has 4 nitrogen and oxygen atoms in total. The molecule has 2 unspecified atom stereocenters. The lowest BCUT2D eigenvalue weighted by Crippen LogP contribution is -2.72. The lowest BCUT2D eigenvalue weighted by atomic mass is 9.82. The maximum absolute atomic E-state index is 12.5. The number of benzene rings is 1.